The molecule has 0 atom stereocenters. The lowest BCUT2D eigenvalue weighted by Crippen LogP contribution is -2.22. The molecule has 4 nitrogen and oxygen atoms in total. The summed E-state index contributed by atoms with van der Waals surface area (Å²) in [6.45, 7) is 4.55. The molecule has 1 heterocycles. The van der Waals surface area contributed by atoms with E-state index in [0.717, 1.165) is 4.88 Å². The van der Waals surface area contributed by atoms with E-state index in [1.807, 2.05) is 6.92 Å². The number of phenols is 1. The number of methoxy groups -OCH3 is 1. The van der Waals surface area contributed by atoms with Gasteiger partial charge in [-0.15, -0.1) is 11.3 Å². The lowest BCUT2D eigenvalue weighted by atomic mass is 10.1. The highest BCUT2D eigenvalue weighted by atomic mass is 32.1. The zero-order valence-electron chi connectivity index (χ0n) is 11.7. The van der Waals surface area contributed by atoms with Gasteiger partial charge in [-0.3, -0.25) is 4.79 Å². The third-order valence-corrected chi connectivity index (χ3v) is 4.24. The molecule has 20 heavy (non-hydrogen) atoms. The molecule has 0 saturated heterocycles. The molecule has 0 radical (unpaired) electrons. The van der Waals surface area contributed by atoms with Crippen LogP contribution in [0.1, 0.15) is 25.7 Å². The van der Waals surface area contributed by atoms with Gasteiger partial charge in [0, 0.05) is 9.75 Å². The van der Waals surface area contributed by atoms with Crippen molar-refractivity contribution >= 4 is 17.2 Å². The van der Waals surface area contributed by atoms with Crippen LogP contribution in [0.5, 0.6) is 11.5 Å². The second kappa shape index (κ2) is 5.96. The summed E-state index contributed by atoms with van der Waals surface area (Å²) in [4.78, 5) is 14.4. The minimum atomic E-state index is -0.315. The van der Waals surface area contributed by atoms with E-state index in [-0.39, 0.29) is 17.2 Å². The van der Waals surface area contributed by atoms with Crippen LogP contribution in [0.2, 0.25) is 0 Å². The fraction of sp³-hybridized carbons (Fsp3) is 0.267. The average Bonchev–Trinajstić information content (AvgIpc) is 2.76. The fourth-order valence-electron chi connectivity index (χ4n) is 1.82. The lowest BCUT2D eigenvalue weighted by molar-refractivity contribution is 0.0948. The van der Waals surface area contributed by atoms with Crippen LogP contribution in [0.15, 0.2) is 24.3 Å². The second-order valence-corrected chi connectivity index (χ2v) is 5.86. The van der Waals surface area contributed by atoms with Crippen LogP contribution in [0.3, 0.4) is 0 Å². The van der Waals surface area contributed by atoms with Gasteiger partial charge in [-0.2, -0.15) is 0 Å². The number of rotatable bonds is 4. The Hall–Kier alpha value is -2.01. The smallest absolute Gasteiger partial charge is 0.255 e. The van der Waals surface area contributed by atoms with Crippen molar-refractivity contribution in [1.82, 2.24) is 5.32 Å². The number of hydrogen-bond acceptors (Lipinski definition) is 4. The molecule has 2 rings (SSSR count). The van der Waals surface area contributed by atoms with Crippen LogP contribution in [0.25, 0.3) is 0 Å². The summed E-state index contributed by atoms with van der Waals surface area (Å²) < 4.78 is 5.05. The van der Waals surface area contributed by atoms with Gasteiger partial charge in [-0.25, -0.2) is 0 Å². The zero-order valence-corrected chi connectivity index (χ0v) is 12.5. The molecule has 0 aliphatic heterocycles. The summed E-state index contributed by atoms with van der Waals surface area (Å²) >= 11 is 1.66. The van der Waals surface area contributed by atoms with Crippen molar-refractivity contribution in [2.24, 2.45) is 0 Å². The van der Waals surface area contributed by atoms with Gasteiger partial charge in [0.2, 0.25) is 0 Å². The third-order valence-electron chi connectivity index (χ3n) is 3.09. The number of nitrogens with one attached hydrogen (secondary N) is 1. The molecule has 106 valence electrons. The molecular formula is C15H17NO3S. The number of hydrogen-bond donors (Lipinski definition) is 2. The second-order valence-electron chi connectivity index (χ2n) is 4.52. The predicted molar refractivity (Wildman–Crippen MR) is 79.6 cm³/mol. The normalized spacial score (nSPS) is 10.3. The SMILES string of the molecule is COc1ccc(O)c(C(=O)NCc2cc(C)c(C)s2)c1. The maximum absolute atomic E-state index is 12.1. The molecule has 2 N–H and O–H groups in total. The number of carbonyl (C=O) groups is 1. The number of aryl methyl sites for hydroxylation is 2. The summed E-state index contributed by atoms with van der Waals surface area (Å²) in [5.41, 5.74) is 1.44. The maximum atomic E-state index is 12.1. The maximum Gasteiger partial charge on any atom is 0.255 e. The van der Waals surface area contributed by atoms with Crippen LogP contribution in [-0.2, 0) is 6.54 Å². The first-order valence-electron chi connectivity index (χ1n) is 6.22. The summed E-state index contributed by atoms with van der Waals surface area (Å²) in [6.07, 6.45) is 0. The number of benzene rings is 1. The molecule has 0 unspecified atom stereocenters. The molecule has 1 aromatic heterocycles. The molecule has 0 fully saturated rings. The number of thiophene rings is 1. The largest absolute Gasteiger partial charge is 0.507 e. The first-order chi connectivity index (χ1) is 9.51. The molecule has 2 aromatic rings. The van der Waals surface area contributed by atoms with Gasteiger partial charge in [0.05, 0.1) is 19.2 Å². The Labute approximate surface area is 122 Å². The van der Waals surface area contributed by atoms with E-state index in [4.69, 9.17) is 4.74 Å². The summed E-state index contributed by atoms with van der Waals surface area (Å²) in [5.74, 6) is 0.169. The Morgan fingerprint density at radius 2 is 2.10 bits per heavy atom. The van der Waals surface area contributed by atoms with Gasteiger partial charge in [-0.05, 0) is 43.7 Å². The molecule has 0 aliphatic carbocycles. The Morgan fingerprint density at radius 1 is 1.35 bits per heavy atom. The Kier molecular flexibility index (Phi) is 4.29. The van der Waals surface area contributed by atoms with Crippen LogP contribution in [0, 0.1) is 13.8 Å². The number of carbonyl (C=O) groups excluding carboxylic acids is 1. The summed E-state index contributed by atoms with van der Waals surface area (Å²) in [6, 6.07) is 6.65. The van der Waals surface area contributed by atoms with E-state index < -0.39 is 0 Å². The highest BCUT2D eigenvalue weighted by molar-refractivity contribution is 7.12. The summed E-state index contributed by atoms with van der Waals surface area (Å²) in [5, 5.41) is 12.5. The van der Waals surface area contributed by atoms with Crippen LogP contribution >= 0.6 is 11.3 Å². The first kappa shape index (κ1) is 14.4. The molecule has 5 heteroatoms. The van der Waals surface area contributed by atoms with Crippen molar-refractivity contribution in [3.05, 3.63) is 45.1 Å². The van der Waals surface area contributed by atoms with Gasteiger partial charge < -0.3 is 15.2 Å². The molecular weight excluding hydrogens is 274 g/mol. The van der Waals surface area contributed by atoms with Crippen LogP contribution in [0.4, 0.5) is 0 Å². The highest BCUT2D eigenvalue weighted by Gasteiger charge is 2.12. The van der Waals surface area contributed by atoms with Crippen LogP contribution in [-0.4, -0.2) is 18.1 Å². The Bertz CT molecular complexity index is 615. The molecule has 1 aromatic carbocycles. The van der Waals surface area contributed by atoms with Gasteiger partial charge in [0.25, 0.3) is 5.91 Å². The topological polar surface area (TPSA) is 58.6 Å². The monoisotopic (exact) mass is 291 g/mol. The number of aromatic hydroxyl groups is 1. The van der Waals surface area contributed by atoms with E-state index in [0.29, 0.717) is 12.3 Å². The lowest BCUT2D eigenvalue weighted by Gasteiger charge is -2.07. The molecule has 0 bridgehead atoms. The fourth-order valence-corrected chi connectivity index (χ4v) is 2.82. The summed E-state index contributed by atoms with van der Waals surface area (Å²) in [7, 11) is 1.52. The molecule has 0 saturated carbocycles. The van der Waals surface area contributed by atoms with Crippen molar-refractivity contribution < 1.29 is 14.6 Å². The van der Waals surface area contributed by atoms with Gasteiger partial charge in [0.1, 0.15) is 11.5 Å². The van der Waals surface area contributed by atoms with Gasteiger partial charge in [-0.1, -0.05) is 0 Å². The number of phenolic OH excluding ortho intramolecular Hbond substituents is 1. The van der Waals surface area contributed by atoms with E-state index in [1.54, 1.807) is 17.4 Å². The van der Waals surface area contributed by atoms with E-state index in [9.17, 15) is 9.90 Å². The Balaban J connectivity index is 2.08. The van der Waals surface area contributed by atoms with E-state index >= 15 is 0 Å². The Morgan fingerprint density at radius 3 is 2.70 bits per heavy atom. The molecule has 0 spiro atoms. The number of ether oxygens (including phenoxy) is 1. The minimum Gasteiger partial charge on any atom is -0.507 e. The van der Waals surface area contributed by atoms with Gasteiger partial charge >= 0.3 is 0 Å². The van der Waals surface area contributed by atoms with Crippen molar-refractivity contribution in [2.75, 3.05) is 7.11 Å². The minimum absolute atomic E-state index is 0.0539. The molecule has 1 amide bonds. The molecule has 0 aliphatic rings. The average molecular weight is 291 g/mol. The zero-order chi connectivity index (χ0) is 14.7. The highest BCUT2D eigenvalue weighted by Crippen LogP contribution is 2.23. The van der Waals surface area contributed by atoms with E-state index in [2.05, 4.69) is 18.3 Å². The van der Waals surface area contributed by atoms with Crippen molar-refractivity contribution in [3.8, 4) is 11.5 Å². The third kappa shape index (κ3) is 3.11. The van der Waals surface area contributed by atoms with Crippen molar-refractivity contribution in [1.29, 1.82) is 0 Å². The predicted octanol–water partition coefficient (Wildman–Crippen LogP) is 3.01. The first-order valence-corrected chi connectivity index (χ1v) is 7.04. The number of amides is 1. The quantitative estimate of drug-likeness (QED) is 0.910. The van der Waals surface area contributed by atoms with E-state index in [1.165, 1.54) is 29.7 Å². The van der Waals surface area contributed by atoms with Crippen molar-refractivity contribution in [2.45, 2.75) is 20.4 Å². The van der Waals surface area contributed by atoms with Crippen LogP contribution < -0.4 is 10.1 Å². The van der Waals surface area contributed by atoms with Crippen molar-refractivity contribution in [3.63, 3.8) is 0 Å². The standard InChI is InChI=1S/C15H17NO3S/c1-9-6-12(20-10(9)2)8-16-15(18)13-7-11(19-3)4-5-14(13)17/h4-7,17H,8H2,1-3H3,(H,16,18). The van der Waals surface area contributed by atoms with Gasteiger partial charge in [0.15, 0.2) is 0 Å².